The zero-order chi connectivity index (χ0) is 11.5. The van der Waals surface area contributed by atoms with Crippen LogP contribution >= 0.6 is 11.8 Å². The van der Waals surface area contributed by atoms with Gasteiger partial charge in [-0.25, -0.2) is 4.39 Å². The average molecular weight is 240 g/mol. The number of hydrogen-bond acceptors (Lipinski definition) is 3. The molecule has 0 radical (unpaired) electrons. The van der Waals surface area contributed by atoms with Crippen LogP contribution in [0.15, 0.2) is 18.2 Å². The van der Waals surface area contributed by atoms with E-state index in [2.05, 4.69) is 5.32 Å². The standard InChI is InChI=1S/C11H13FN2OS/c12-10-5-7(13)1-2-9(10)11(15)14-8-3-4-16-6-8/h1-2,5,8H,3-4,6,13H2,(H,14,15). The first-order valence-electron chi connectivity index (χ1n) is 5.10. The van der Waals surface area contributed by atoms with E-state index in [1.807, 2.05) is 0 Å². The van der Waals surface area contributed by atoms with Gasteiger partial charge in [0.1, 0.15) is 5.82 Å². The maximum Gasteiger partial charge on any atom is 0.254 e. The molecule has 0 aliphatic carbocycles. The highest BCUT2D eigenvalue weighted by Gasteiger charge is 2.20. The largest absolute Gasteiger partial charge is 0.399 e. The minimum absolute atomic E-state index is 0.0612. The van der Waals surface area contributed by atoms with Crippen LogP contribution in [0.5, 0.6) is 0 Å². The van der Waals surface area contributed by atoms with E-state index in [-0.39, 0.29) is 17.5 Å². The van der Waals surface area contributed by atoms with Crippen LogP contribution in [-0.4, -0.2) is 23.5 Å². The summed E-state index contributed by atoms with van der Waals surface area (Å²) in [7, 11) is 0. The van der Waals surface area contributed by atoms with Gasteiger partial charge in [0.25, 0.3) is 5.91 Å². The Morgan fingerprint density at radius 2 is 2.38 bits per heavy atom. The molecule has 1 fully saturated rings. The van der Waals surface area contributed by atoms with Gasteiger partial charge in [0, 0.05) is 17.5 Å². The Morgan fingerprint density at radius 1 is 1.56 bits per heavy atom. The van der Waals surface area contributed by atoms with Gasteiger partial charge in [0.15, 0.2) is 0 Å². The zero-order valence-corrected chi connectivity index (χ0v) is 9.52. The summed E-state index contributed by atoms with van der Waals surface area (Å²) in [4.78, 5) is 11.7. The molecule has 2 rings (SSSR count). The fourth-order valence-electron chi connectivity index (χ4n) is 1.63. The van der Waals surface area contributed by atoms with Crippen LogP contribution < -0.4 is 11.1 Å². The average Bonchev–Trinajstić information content (AvgIpc) is 2.70. The Balaban J connectivity index is 2.08. The number of thioether (sulfide) groups is 1. The van der Waals surface area contributed by atoms with E-state index < -0.39 is 5.82 Å². The van der Waals surface area contributed by atoms with Crippen LogP contribution in [0.3, 0.4) is 0 Å². The number of rotatable bonds is 2. The molecule has 1 atom stereocenters. The van der Waals surface area contributed by atoms with Gasteiger partial charge in [0.05, 0.1) is 5.56 Å². The van der Waals surface area contributed by atoms with Crippen molar-refractivity contribution in [3.63, 3.8) is 0 Å². The maximum absolute atomic E-state index is 13.4. The number of carbonyl (C=O) groups excluding carboxylic acids is 1. The van der Waals surface area contributed by atoms with Crippen LogP contribution in [0.4, 0.5) is 10.1 Å². The summed E-state index contributed by atoms with van der Waals surface area (Å²) in [6.45, 7) is 0. The van der Waals surface area contributed by atoms with E-state index >= 15 is 0 Å². The highest BCUT2D eigenvalue weighted by molar-refractivity contribution is 7.99. The quantitative estimate of drug-likeness (QED) is 0.773. The van der Waals surface area contributed by atoms with Crippen molar-refractivity contribution >= 4 is 23.4 Å². The summed E-state index contributed by atoms with van der Waals surface area (Å²) in [5.74, 6) is 1.03. The Morgan fingerprint density at radius 3 is 3.00 bits per heavy atom. The van der Waals surface area contributed by atoms with Gasteiger partial charge in [-0.15, -0.1) is 0 Å². The van der Waals surface area contributed by atoms with Crippen molar-refractivity contribution in [3.05, 3.63) is 29.6 Å². The Hall–Kier alpha value is -1.23. The molecule has 1 aliphatic rings. The first-order chi connectivity index (χ1) is 7.66. The molecular formula is C11H13FN2OS. The second kappa shape index (κ2) is 4.74. The van der Waals surface area contributed by atoms with Crippen molar-refractivity contribution in [3.8, 4) is 0 Å². The number of nitrogen functional groups attached to an aromatic ring is 1. The predicted octanol–water partition coefficient (Wildman–Crippen LogP) is 1.64. The molecule has 1 aliphatic heterocycles. The highest BCUT2D eigenvalue weighted by atomic mass is 32.2. The van der Waals surface area contributed by atoms with Crippen LogP contribution in [0.2, 0.25) is 0 Å². The summed E-state index contributed by atoms with van der Waals surface area (Å²) in [6.07, 6.45) is 0.951. The van der Waals surface area contributed by atoms with E-state index in [0.29, 0.717) is 5.69 Å². The molecule has 86 valence electrons. The third-order valence-corrected chi connectivity index (χ3v) is 3.67. The lowest BCUT2D eigenvalue weighted by Gasteiger charge is -2.11. The van der Waals surface area contributed by atoms with Crippen molar-refractivity contribution in [2.75, 3.05) is 17.2 Å². The molecule has 0 spiro atoms. The Bertz CT molecular complexity index is 405. The molecule has 16 heavy (non-hydrogen) atoms. The number of nitrogens with one attached hydrogen (secondary N) is 1. The number of benzene rings is 1. The number of carbonyl (C=O) groups is 1. The molecule has 0 saturated carbocycles. The lowest BCUT2D eigenvalue weighted by Crippen LogP contribution is -2.35. The van der Waals surface area contributed by atoms with E-state index in [0.717, 1.165) is 24.0 Å². The number of hydrogen-bond donors (Lipinski definition) is 2. The van der Waals surface area contributed by atoms with Crippen molar-refractivity contribution in [2.24, 2.45) is 0 Å². The van der Waals surface area contributed by atoms with Crippen LogP contribution in [0.25, 0.3) is 0 Å². The second-order valence-electron chi connectivity index (χ2n) is 3.77. The van der Waals surface area contributed by atoms with Gasteiger partial charge in [-0.1, -0.05) is 0 Å². The summed E-state index contributed by atoms with van der Waals surface area (Å²) in [6, 6.07) is 4.27. The molecule has 1 aromatic rings. The third-order valence-electron chi connectivity index (χ3n) is 2.50. The van der Waals surface area contributed by atoms with Crippen LogP contribution in [-0.2, 0) is 0 Å². The topological polar surface area (TPSA) is 55.1 Å². The summed E-state index contributed by atoms with van der Waals surface area (Å²) in [5, 5.41) is 2.81. The molecule has 0 bridgehead atoms. The van der Waals surface area contributed by atoms with E-state index in [1.54, 1.807) is 11.8 Å². The van der Waals surface area contributed by atoms with Gasteiger partial charge in [-0.3, -0.25) is 4.79 Å². The molecule has 1 amide bonds. The molecule has 1 saturated heterocycles. The minimum Gasteiger partial charge on any atom is -0.399 e. The minimum atomic E-state index is -0.567. The fraction of sp³-hybridized carbons (Fsp3) is 0.364. The Labute approximate surface area is 97.6 Å². The van der Waals surface area contributed by atoms with Gasteiger partial charge < -0.3 is 11.1 Å². The SMILES string of the molecule is Nc1ccc(C(=O)NC2CCSC2)c(F)c1. The summed E-state index contributed by atoms with van der Waals surface area (Å²) < 4.78 is 13.4. The number of anilines is 1. The van der Waals surface area contributed by atoms with Crippen LogP contribution in [0.1, 0.15) is 16.8 Å². The molecule has 1 heterocycles. The summed E-state index contributed by atoms with van der Waals surface area (Å²) in [5.41, 5.74) is 5.80. The van der Waals surface area contributed by atoms with Gasteiger partial charge in [0.2, 0.25) is 0 Å². The molecular weight excluding hydrogens is 227 g/mol. The molecule has 3 N–H and O–H groups in total. The van der Waals surface area contributed by atoms with Crippen molar-refractivity contribution < 1.29 is 9.18 Å². The van der Waals surface area contributed by atoms with Crippen molar-refractivity contribution in [1.29, 1.82) is 0 Å². The molecule has 1 aromatic carbocycles. The smallest absolute Gasteiger partial charge is 0.254 e. The molecule has 0 aromatic heterocycles. The molecule has 5 heteroatoms. The lowest BCUT2D eigenvalue weighted by atomic mass is 10.1. The first kappa shape index (κ1) is 11.3. The van der Waals surface area contributed by atoms with Crippen molar-refractivity contribution in [1.82, 2.24) is 5.32 Å². The van der Waals surface area contributed by atoms with E-state index in [1.165, 1.54) is 12.1 Å². The van der Waals surface area contributed by atoms with Crippen molar-refractivity contribution in [2.45, 2.75) is 12.5 Å². The predicted molar refractivity (Wildman–Crippen MR) is 64.0 cm³/mol. The summed E-state index contributed by atoms with van der Waals surface area (Å²) >= 11 is 1.80. The normalized spacial score (nSPS) is 19.7. The highest BCUT2D eigenvalue weighted by Crippen LogP contribution is 2.18. The van der Waals surface area contributed by atoms with Crippen LogP contribution in [0, 0.1) is 5.82 Å². The maximum atomic E-state index is 13.4. The van der Waals surface area contributed by atoms with E-state index in [9.17, 15) is 9.18 Å². The third kappa shape index (κ3) is 2.47. The lowest BCUT2D eigenvalue weighted by molar-refractivity contribution is 0.0937. The zero-order valence-electron chi connectivity index (χ0n) is 8.70. The van der Waals surface area contributed by atoms with E-state index in [4.69, 9.17) is 5.73 Å². The Kier molecular flexibility index (Phi) is 3.33. The number of nitrogens with two attached hydrogens (primary N) is 1. The van der Waals surface area contributed by atoms with Gasteiger partial charge in [-0.2, -0.15) is 11.8 Å². The first-order valence-corrected chi connectivity index (χ1v) is 6.26. The number of halogens is 1. The monoisotopic (exact) mass is 240 g/mol. The van der Waals surface area contributed by atoms with Gasteiger partial charge >= 0.3 is 0 Å². The molecule has 1 unspecified atom stereocenters. The number of amides is 1. The second-order valence-corrected chi connectivity index (χ2v) is 4.92. The van der Waals surface area contributed by atoms with Gasteiger partial charge in [-0.05, 0) is 30.4 Å². The molecule has 3 nitrogen and oxygen atoms in total. The fourth-order valence-corrected chi connectivity index (χ4v) is 2.78.